The highest BCUT2D eigenvalue weighted by Crippen LogP contribution is 2.41. The monoisotopic (exact) mass is 733 g/mol. The van der Waals surface area contributed by atoms with Gasteiger partial charge in [0.2, 0.25) is 0 Å². The molecule has 262 valence electrons. The second-order valence-electron chi connectivity index (χ2n) is 14.0. The second kappa shape index (κ2) is 13.3. The number of aromatic nitrogens is 3. The molecule has 0 saturated heterocycles. The van der Waals surface area contributed by atoms with Crippen LogP contribution in [0.2, 0.25) is 0 Å². The summed E-state index contributed by atoms with van der Waals surface area (Å²) in [7, 11) is 0. The lowest BCUT2D eigenvalue weighted by Gasteiger charge is -2.10. The first-order valence-electron chi connectivity index (χ1n) is 18.7. The van der Waals surface area contributed by atoms with Gasteiger partial charge in [0, 0.05) is 47.6 Å². The fourth-order valence-corrected chi connectivity index (χ4v) is 8.94. The number of benzene rings is 8. The SMILES string of the molecule is c1ccc(-c2nc(-c3ccccc3)nc(-c3cccc(-c4cccc5oc6cc(-c7cccc(-c8ccc9c(c8)sc8ccccc89)c7)ccc6c45)c3)n2)cc1. The molecule has 0 saturated carbocycles. The number of fused-ring (bicyclic) bond motifs is 6. The minimum absolute atomic E-state index is 0.624. The van der Waals surface area contributed by atoms with Crippen molar-refractivity contribution in [2.45, 2.75) is 0 Å². The van der Waals surface area contributed by atoms with Gasteiger partial charge in [0.1, 0.15) is 11.2 Å². The lowest BCUT2D eigenvalue weighted by molar-refractivity contribution is 0.669. The van der Waals surface area contributed by atoms with Crippen LogP contribution in [-0.4, -0.2) is 15.0 Å². The van der Waals surface area contributed by atoms with Gasteiger partial charge in [0.15, 0.2) is 17.5 Å². The molecule has 0 amide bonds. The maximum atomic E-state index is 6.58. The van der Waals surface area contributed by atoms with E-state index in [1.54, 1.807) is 0 Å². The molecule has 4 nitrogen and oxygen atoms in total. The van der Waals surface area contributed by atoms with Crippen LogP contribution in [0.25, 0.3) is 110 Å². The van der Waals surface area contributed by atoms with E-state index in [4.69, 9.17) is 19.4 Å². The average molecular weight is 734 g/mol. The summed E-state index contributed by atoms with van der Waals surface area (Å²) >= 11 is 1.85. The van der Waals surface area contributed by atoms with Crippen LogP contribution in [0.3, 0.4) is 0 Å². The molecule has 56 heavy (non-hydrogen) atoms. The molecule has 0 aliphatic heterocycles. The predicted molar refractivity (Wildman–Crippen MR) is 233 cm³/mol. The Hall–Kier alpha value is -7.21. The van der Waals surface area contributed by atoms with Crippen LogP contribution >= 0.6 is 11.3 Å². The Morgan fingerprint density at radius 1 is 0.321 bits per heavy atom. The second-order valence-corrected chi connectivity index (χ2v) is 15.1. The minimum Gasteiger partial charge on any atom is -0.456 e. The van der Waals surface area contributed by atoms with E-state index in [-0.39, 0.29) is 0 Å². The number of rotatable bonds is 6. The van der Waals surface area contributed by atoms with Gasteiger partial charge in [-0.3, -0.25) is 0 Å². The maximum absolute atomic E-state index is 6.58. The van der Waals surface area contributed by atoms with Crippen molar-refractivity contribution < 1.29 is 4.42 Å². The highest BCUT2D eigenvalue weighted by atomic mass is 32.1. The molecule has 0 radical (unpaired) electrons. The highest BCUT2D eigenvalue weighted by molar-refractivity contribution is 7.25. The third-order valence-corrected chi connectivity index (χ3v) is 11.7. The third-order valence-electron chi connectivity index (χ3n) is 10.5. The molecule has 5 heteroatoms. The molecule has 0 aliphatic rings. The van der Waals surface area contributed by atoms with Crippen molar-refractivity contribution >= 4 is 53.4 Å². The highest BCUT2D eigenvalue weighted by Gasteiger charge is 2.17. The third kappa shape index (κ3) is 5.65. The molecule has 0 unspecified atom stereocenters. The van der Waals surface area contributed by atoms with E-state index in [1.807, 2.05) is 72.0 Å². The average Bonchev–Trinajstić information content (AvgIpc) is 3.85. The Kier molecular flexibility index (Phi) is 7.64. The summed E-state index contributed by atoms with van der Waals surface area (Å²) < 4.78 is 9.21. The topological polar surface area (TPSA) is 51.8 Å². The molecule has 8 aromatic carbocycles. The number of nitrogens with zero attached hydrogens (tertiary/aromatic N) is 3. The number of hydrogen-bond acceptors (Lipinski definition) is 5. The normalized spacial score (nSPS) is 11.6. The first-order valence-corrected chi connectivity index (χ1v) is 19.5. The van der Waals surface area contributed by atoms with Gasteiger partial charge in [-0.2, -0.15) is 0 Å². The van der Waals surface area contributed by atoms with Crippen molar-refractivity contribution in [3.05, 3.63) is 188 Å². The first-order chi connectivity index (χ1) is 27.7. The summed E-state index contributed by atoms with van der Waals surface area (Å²) in [6.07, 6.45) is 0. The molecule has 0 fully saturated rings. The summed E-state index contributed by atoms with van der Waals surface area (Å²) in [6.45, 7) is 0. The Labute approximate surface area is 327 Å². The molecule has 11 rings (SSSR count). The van der Waals surface area contributed by atoms with E-state index < -0.39 is 0 Å². The van der Waals surface area contributed by atoms with Gasteiger partial charge < -0.3 is 4.42 Å². The van der Waals surface area contributed by atoms with Gasteiger partial charge in [0.25, 0.3) is 0 Å². The minimum atomic E-state index is 0.624. The van der Waals surface area contributed by atoms with Crippen molar-refractivity contribution in [1.82, 2.24) is 15.0 Å². The van der Waals surface area contributed by atoms with Gasteiger partial charge >= 0.3 is 0 Å². The van der Waals surface area contributed by atoms with Crippen LogP contribution in [0.1, 0.15) is 0 Å². The summed E-state index contributed by atoms with van der Waals surface area (Å²) in [4.78, 5) is 14.8. The molecule has 11 aromatic rings. The molecule has 0 bridgehead atoms. The van der Waals surface area contributed by atoms with Crippen LogP contribution in [0, 0.1) is 0 Å². The maximum Gasteiger partial charge on any atom is 0.164 e. The van der Waals surface area contributed by atoms with E-state index in [2.05, 4.69) is 127 Å². The zero-order chi connectivity index (χ0) is 37.0. The molecule has 0 N–H and O–H groups in total. The molecule has 3 heterocycles. The molecular weight excluding hydrogens is 703 g/mol. The van der Waals surface area contributed by atoms with Gasteiger partial charge in [-0.15, -0.1) is 11.3 Å². The predicted octanol–water partition coefficient (Wildman–Crippen LogP) is 14.1. The van der Waals surface area contributed by atoms with E-state index in [0.717, 1.165) is 60.9 Å². The van der Waals surface area contributed by atoms with Gasteiger partial charge in [-0.05, 0) is 75.8 Å². The Balaban J connectivity index is 0.969. The number of hydrogen-bond donors (Lipinski definition) is 0. The first kappa shape index (κ1) is 32.2. The Morgan fingerprint density at radius 3 is 1.57 bits per heavy atom. The van der Waals surface area contributed by atoms with Gasteiger partial charge in [0.05, 0.1) is 0 Å². The largest absolute Gasteiger partial charge is 0.456 e. The Morgan fingerprint density at radius 2 is 0.839 bits per heavy atom. The smallest absolute Gasteiger partial charge is 0.164 e. The summed E-state index contributed by atoms with van der Waals surface area (Å²) in [5, 5.41) is 4.80. The molecule has 0 atom stereocenters. The molecule has 0 spiro atoms. The number of thiophene rings is 1. The molecule has 0 aliphatic carbocycles. The van der Waals surface area contributed by atoms with Gasteiger partial charge in [-0.25, -0.2) is 15.0 Å². The van der Waals surface area contributed by atoms with Crippen LogP contribution in [-0.2, 0) is 0 Å². The van der Waals surface area contributed by atoms with Crippen molar-refractivity contribution in [2.24, 2.45) is 0 Å². The van der Waals surface area contributed by atoms with E-state index >= 15 is 0 Å². The lowest BCUT2D eigenvalue weighted by atomic mass is 9.96. The Bertz CT molecular complexity index is 3200. The molecular formula is C51H31N3OS. The quantitative estimate of drug-likeness (QED) is 0.171. The van der Waals surface area contributed by atoms with E-state index in [9.17, 15) is 0 Å². The number of furan rings is 1. The lowest BCUT2D eigenvalue weighted by Crippen LogP contribution is -2.00. The van der Waals surface area contributed by atoms with Crippen LogP contribution in [0.5, 0.6) is 0 Å². The summed E-state index contributed by atoms with van der Waals surface area (Å²) in [5.74, 6) is 1.90. The van der Waals surface area contributed by atoms with Crippen molar-refractivity contribution in [3.63, 3.8) is 0 Å². The van der Waals surface area contributed by atoms with Crippen LogP contribution in [0.4, 0.5) is 0 Å². The van der Waals surface area contributed by atoms with E-state index in [1.165, 1.54) is 31.3 Å². The van der Waals surface area contributed by atoms with Gasteiger partial charge in [-0.1, -0.05) is 146 Å². The van der Waals surface area contributed by atoms with Crippen molar-refractivity contribution in [2.75, 3.05) is 0 Å². The van der Waals surface area contributed by atoms with E-state index in [0.29, 0.717) is 17.5 Å². The zero-order valence-corrected chi connectivity index (χ0v) is 30.9. The van der Waals surface area contributed by atoms with Crippen LogP contribution in [0.15, 0.2) is 192 Å². The van der Waals surface area contributed by atoms with Crippen molar-refractivity contribution in [1.29, 1.82) is 0 Å². The fraction of sp³-hybridized carbons (Fsp3) is 0. The summed E-state index contributed by atoms with van der Waals surface area (Å²) in [5.41, 5.74) is 11.3. The zero-order valence-electron chi connectivity index (χ0n) is 30.1. The molecule has 3 aromatic heterocycles. The van der Waals surface area contributed by atoms with Crippen molar-refractivity contribution in [3.8, 4) is 67.5 Å². The standard InChI is InChI=1S/C51H31N3OS/c1-3-12-32(13-4-1)49-52-50(33-14-5-2-6-15-33)54-51(53-49)39-19-10-18-38(29-39)40-21-11-22-44-48(40)43-27-25-36(30-45(43)55-44)34-16-9-17-35(28-34)37-24-26-42-41-20-7-8-23-46(41)56-47(42)31-37/h1-31H. The summed E-state index contributed by atoms with van der Waals surface area (Å²) in [6, 6.07) is 65.7. The fourth-order valence-electron chi connectivity index (χ4n) is 7.79. The van der Waals surface area contributed by atoms with Crippen LogP contribution < -0.4 is 0 Å².